The van der Waals surface area contributed by atoms with Crippen molar-refractivity contribution in [1.29, 1.82) is 0 Å². The molecule has 4 rings (SSSR count). The third-order valence-electron chi connectivity index (χ3n) is 6.39. The molecule has 2 atom stereocenters. The molecule has 2 heterocycles. The summed E-state index contributed by atoms with van der Waals surface area (Å²) in [7, 11) is 3.94. The molecule has 2 saturated carbocycles. The molecular formula is C23H31N5O. The van der Waals surface area contributed by atoms with Gasteiger partial charge >= 0.3 is 0 Å². The maximum Gasteiger partial charge on any atom is 0.225 e. The van der Waals surface area contributed by atoms with Crippen molar-refractivity contribution in [2.45, 2.75) is 44.9 Å². The number of hydrogen-bond donors (Lipinski definition) is 1. The summed E-state index contributed by atoms with van der Waals surface area (Å²) < 4.78 is 0. The number of amides is 1. The molecule has 0 spiro atoms. The monoisotopic (exact) mass is 393 g/mol. The van der Waals surface area contributed by atoms with E-state index in [9.17, 15) is 4.79 Å². The van der Waals surface area contributed by atoms with E-state index in [1.165, 1.54) is 0 Å². The van der Waals surface area contributed by atoms with Crippen molar-refractivity contribution in [1.82, 2.24) is 20.3 Å². The Morgan fingerprint density at radius 1 is 1.17 bits per heavy atom. The van der Waals surface area contributed by atoms with E-state index < -0.39 is 0 Å². The predicted octanol–water partition coefficient (Wildman–Crippen LogP) is 3.65. The minimum atomic E-state index is 0.253. The number of hydrogen-bond acceptors (Lipinski definition) is 5. The summed E-state index contributed by atoms with van der Waals surface area (Å²) in [6.07, 6.45) is 9.20. The fraction of sp³-hybridized carbons (Fsp3) is 0.565. The van der Waals surface area contributed by atoms with Gasteiger partial charge in [0.2, 0.25) is 11.9 Å². The van der Waals surface area contributed by atoms with Crippen molar-refractivity contribution in [2.24, 2.45) is 17.8 Å². The number of nitrogens with zero attached hydrogens (tertiary/aromatic N) is 4. The van der Waals surface area contributed by atoms with Gasteiger partial charge < -0.3 is 10.2 Å². The second kappa shape index (κ2) is 8.47. The molecule has 0 radical (unpaired) electrons. The van der Waals surface area contributed by atoms with Crippen molar-refractivity contribution in [3.8, 4) is 11.3 Å². The first-order valence-electron chi connectivity index (χ1n) is 10.8. The van der Waals surface area contributed by atoms with Gasteiger partial charge in [-0.2, -0.15) is 0 Å². The van der Waals surface area contributed by atoms with Crippen molar-refractivity contribution in [3.05, 3.63) is 36.3 Å². The molecule has 29 heavy (non-hydrogen) atoms. The fourth-order valence-corrected chi connectivity index (χ4v) is 4.33. The van der Waals surface area contributed by atoms with Crippen LogP contribution < -0.4 is 10.2 Å². The number of pyridine rings is 1. The van der Waals surface area contributed by atoms with Crippen molar-refractivity contribution in [2.75, 3.05) is 25.5 Å². The van der Waals surface area contributed by atoms with Crippen LogP contribution in [0.1, 0.15) is 50.6 Å². The number of carbonyl (C=O) groups is 1. The summed E-state index contributed by atoms with van der Waals surface area (Å²) >= 11 is 0. The van der Waals surface area contributed by atoms with Gasteiger partial charge in [0.15, 0.2) is 0 Å². The minimum Gasteiger partial charge on any atom is -0.356 e. The zero-order valence-electron chi connectivity index (χ0n) is 17.6. The third kappa shape index (κ3) is 4.57. The number of carbonyl (C=O) groups excluding carboxylic acids is 1. The molecule has 0 aliphatic heterocycles. The molecule has 1 amide bonds. The van der Waals surface area contributed by atoms with Crippen LogP contribution in [0.4, 0.5) is 5.95 Å². The van der Waals surface area contributed by atoms with Gasteiger partial charge in [-0.05, 0) is 56.1 Å². The van der Waals surface area contributed by atoms with Crippen LogP contribution in [0.5, 0.6) is 0 Å². The second-order valence-electron chi connectivity index (χ2n) is 8.86. The molecule has 6 nitrogen and oxygen atoms in total. The lowest BCUT2D eigenvalue weighted by molar-refractivity contribution is -0.122. The van der Waals surface area contributed by atoms with Gasteiger partial charge in [0.1, 0.15) is 0 Å². The number of nitrogens with one attached hydrogen (secondary N) is 1. The molecule has 2 aliphatic carbocycles. The lowest BCUT2D eigenvalue weighted by Crippen LogP contribution is -2.32. The Morgan fingerprint density at radius 3 is 2.55 bits per heavy atom. The van der Waals surface area contributed by atoms with Crippen LogP contribution in [0.3, 0.4) is 0 Å². The van der Waals surface area contributed by atoms with E-state index in [1.54, 1.807) is 0 Å². The predicted molar refractivity (Wildman–Crippen MR) is 115 cm³/mol. The average Bonchev–Trinajstić information content (AvgIpc) is 3.49. The lowest BCUT2D eigenvalue weighted by Gasteiger charge is -2.29. The summed E-state index contributed by atoms with van der Waals surface area (Å²) in [6, 6.07) is 5.96. The molecule has 2 aliphatic rings. The quantitative estimate of drug-likeness (QED) is 0.811. The summed E-state index contributed by atoms with van der Waals surface area (Å²) in [5.74, 6) is 2.80. The highest BCUT2D eigenvalue weighted by Gasteiger charge is 2.39. The van der Waals surface area contributed by atoms with Gasteiger partial charge in [-0.25, -0.2) is 9.97 Å². The maximum atomic E-state index is 12.1. The van der Waals surface area contributed by atoms with Gasteiger partial charge in [0, 0.05) is 50.4 Å². The highest BCUT2D eigenvalue weighted by molar-refractivity contribution is 5.81. The van der Waals surface area contributed by atoms with Crippen LogP contribution in [-0.4, -0.2) is 41.5 Å². The number of anilines is 1. The van der Waals surface area contributed by atoms with Gasteiger partial charge in [-0.15, -0.1) is 0 Å². The van der Waals surface area contributed by atoms with Crippen molar-refractivity contribution >= 4 is 11.9 Å². The molecule has 2 aromatic rings. The van der Waals surface area contributed by atoms with Gasteiger partial charge in [0.05, 0.1) is 11.4 Å². The van der Waals surface area contributed by atoms with Gasteiger partial charge in [0.25, 0.3) is 0 Å². The largest absolute Gasteiger partial charge is 0.356 e. The minimum absolute atomic E-state index is 0.253. The summed E-state index contributed by atoms with van der Waals surface area (Å²) in [5.41, 5.74) is 3.08. The second-order valence-corrected chi connectivity index (χ2v) is 8.86. The zero-order chi connectivity index (χ0) is 20.4. The molecule has 0 bridgehead atoms. The molecule has 2 aromatic heterocycles. The van der Waals surface area contributed by atoms with E-state index in [4.69, 9.17) is 4.98 Å². The van der Waals surface area contributed by atoms with Crippen LogP contribution in [0.15, 0.2) is 30.6 Å². The van der Waals surface area contributed by atoms with Gasteiger partial charge in [-0.3, -0.25) is 9.78 Å². The molecular weight excluding hydrogens is 362 g/mol. The Morgan fingerprint density at radius 2 is 1.93 bits per heavy atom. The van der Waals surface area contributed by atoms with Crippen LogP contribution in [0, 0.1) is 17.8 Å². The van der Waals surface area contributed by atoms with Crippen molar-refractivity contribution in [3.63, 3.8) is 0 Å². The first-order chi connectivity index (χ1) is 14.0. The Balaban J connectivity index is 1.44. The van der Waals surface area contributed by atoms with Crippen LogP contribution in [-0.2, 0) is 4.79 Å². The standard InChI is InChI=1S/C23H31N5O/c1-15-12-18(15)22(29)25-13-16-7-9-17(10-8-16)21-19(20-6-4-5-11-24-20)14-26-23(27-21)28(2)3/h4-6,11,14-18H,7-10,12-13H2,1-3H3,(H,25,29)/t15-,16?,17?,18-/m0/s1. The Labute approximate surface area is 173 Å². The maximum absolute atomic E-state index is 12.1. The van der Waals surface area contributed by atoms with E-state index in [-0.39, 0.29) is 11.8 Å². The fourth-order valence-electron chi connectivity index (χ4n) is 4.33. The molecule has 0 saturated heterocycles. The highest BCUT2D eigenvalue weighted by Crippen LogP contribution is 2.40. The highest BCUT2D eigenvalue weighted by atomic mass is 16.2. The van der Waals surface area contributed by atoms with Crippen LogP contribution >= 0.6 is 0 Å². The SMILES string of the molecule is C[C@H]1C[C@@H]1C(=O)NCC1CCC(c2nc(N(C)C)ncc2-c2ccccn2)CC1. The topological polar surface area (TPSA) is 71.0 Å². The molecule has 6 heteroatoms. The third-order valence-corrected chi connectivity index (χ3v) is 6.39. The Kier molecular flexibility index (Phi) is 5.79. The number of rotatable bonds is 6. The number of aromatic nitrogens is 3. The van der Waals surface area contributed by atoms with E-state index in [2.05, 4.69) is 22.2 Å². The smallest absolute Gasteiger partial charge is 0.225 e. The van der Waals surface area contributed by atoms with Crippen LogP contribution in [0.2, 0.25) is 0 Å². The summed E-state index contributed by atoms with van der Waals surface area (Å²) in [6.45, 7) is 2.97. The first-order valence-corrected chi connectivity index (χ1v) is 10.8. The summed E-state index contributed by atoms with van der Waals surface area (Å²) in [5, 5.41) is 3.18. The van der Waals surface area contributed by atoms with Gasteiger partial charge in [-0.1, -0.05) is 13.0 Å². The molecule has 1 N–H and O–H groups in total. The first kappa shape index (κ1) is 19.8. The average molecular weight is 394 g/mol. The van der Waals surface area contributed by atoms with Crippen molar-refractivity contribution < 1.29 is 4.79 Å². The Hall–Kier alpha value is -2.50. The molecule has 0 aromatic carbocycles. The van der Waals surface area contributed by atoms with Crippen LogP contribution in [0.25, 0.3) is 11.3 Å². The molecule has 0 unspecified atom stereocenters. The normalized spacial score (nSPS) is 26.0. The van der Waals surface area contributed by atoms with E-state index in [0.29, 0.717) is 17.8 Å². The van der Waals surface area contributed by atoms with E-state index >= 15 is 0 Å². The molecule has 2 fully saturated rings. The zero-order valence-corrected chi connectivity index (χ0v) is 17.6. The summed E-state index contributed by atoms with van der Waals surface area (Å²) in [4.78, 5) is 28.0. The lowest BCUT2D eigenvalue weighted by atomic mass is 9.79. The van der Waals surface area contributed by atoms with E-state index in [1.807, 2.05) is 49.6 Å². The molecule has 154 valence electrons. The Bertz CT molecular complexity index is 846. The van der Waals surface area contributed by atoms with E-state index in [0.717, 1.165) is 61.5 Å².